The van der Waals surface area contributed by atoms with Crippen molar-refractivity contribution in [3.05, 3.63) is 35.1 Å². The van der Waals surface area contributed by atoms with E-state index in [9.17, 15) is 0 Å². The highest BCUT2D eigenvalue weighted by atomic mass is 15.0. The van der Waals surface area contributed by atoms with Crippen LogP contribution in [0.3, 0.4) is 0 Å². The van der Waals surface area contributed by atoms with Crippen LogP contribution in [0.25, 0.3) is 0 Å². The highest BCUT2D eigenvalue weighted by Crippen LogP contribution is 2.33. The van der Waals surface area contributed by atoms with Gasteiger partial charge in [-0.05, 0) is 24.5 Å². The Morgan fingerprint density at radius 1 is 1.50 bits per heavy atom. The molecular formula is C11H13N3. The topological polar surface area (TPSA) is 50.4 Å². The Kier molecular flexibility index (Phi) is 1.61. The van der Waals surface area contributed by atoms with Gasteiger partial charge < -0.3 is 11.1 Å². The summed E-state index contributed by atoms with van der Waals surface area (Å²) in [6.07, 6.45) is 8.27. The highest BCUT2D eigenvalue weighted by Gasteiger charge is 2.30. The van der Waals surface area contributed by atoms with Crippen molar-refractivity contribution in [1.29, 1.82) is 0 Å². The number of nitrogens with two attached hydrogens (primary N) is 1. The molecule has 3 rings (SSSR count). The van der Waals surface area contributed by atoms with Gasteiger partial charge in [-0.25, -0.2) is 4.99 Å². The number of nitrogens with zero attached hydrogens (tertiary/aromatic N) is 1. The van der Waals surface area contributed by atoms with Gasteiger partial charge in [0.25, 0.3) is 0 Å². The molecule has 1 fully saturated rings. The summed E-state index contributed by atoms with van der Waals surface area (Å²) in [6, 6.07) is 0.169. The SMILES string of the molecule is NC1CCNC2=NC3=CC=CCC3=C21. The van der Waals surface area contributed by atoms with Crippen molar-refractivity contribution >= 4 is 5.84 Å². The zero-order chi connectivity index (χ0) is 9.54. The first-order valence-electron chi connectivity index (χ1n) is 5.05. The first kappa shape index (κ1) is 8.00. The summed E-state index contributed by atoms with van der Waals surface area (Å²) in [5, 5.41) is 3.31. The highest BCUT2D eigenvalue weighted by molar-refractivity contribution is 6.05. The van der Waals surface area contributed by atoms with Gasteiger partial charge in [-0.1, -0.05) is 12.2 Å². The van der Waals surface area contributed by atoms with E-state index in [0.717, 1.165) is 30.9 Å². The maximum atomic E-state index is 6.10. The summed E-state index contributed by atoms with van der Waals surface area (Å²) in [6.45, 7) is 0.942. The molecule has 72 valence electrons. The van der Waals surface area contributed by atoms with E-state index >= 15 is 0 Å². The van der Waals surface area contributed by atoms with Crippen molar-refractivity contribution in [2.75, 3.05) is 6.54 Å². The van der Waals surface area contributed by atoms with Gasteiger partial charge in [0.1, 0.15) is 5.84 Å². The number of hydrogen-bond donors (Lipinski definition) is 2. The Labute approximate surface area is 83.1 Å². The maximum absolute atomic E-state index is 6.10. The monoisotopic (exact) mass is 187 g/mol. The number of rotatable bonds is 0. The van der Waals surface area contributed by atoms with Gasteiger partial charge in [0, 0.05) is 18.2 Å². The molecule has 0 saturated carbocycles. The summed E-state index contributed by atoms with van der Waals surface area (Å²) in [5.74, 6) is 1.01. The van der Waals surface area contributed by atoms with Gasteiger partial charge in [-0.15, -0.1) is 0 Å². The summed E-state index contributed by atoms with van der Waals surface area (Å²) >= 11 is 0. The molecule has 3 N–H and O–H groups in total. The predicted molar refractivity (Wildman–Crippen MR) is 56.9 cm³/mol. The Morgan fingerprint density at radius 3 is 3.36 bits per heavy atom. The normalized spacial score (nSPS) is 29.1. The van der Waals surface area contributed by atoms with E-state index in [1.807, 2.05) is 0 Å². The molecule has 2 heterocycles. The summed E-state index contributed by atoms with van der Waals surface area (Å²) in [7, 11) is 0. The molecule has 1 unspecified atom stereocenters. The Balaban J connectivity index is 2.12. The molecule has 3 aliphatic rings. The molecule has 0 radical (unpaired) electrons. The van der Waals surface area contributed by atoms with Gasteiger partial charge in [0.2, 0.25) is 0 Å². The van der Waals surface area contributed by atoms with Crippen LogP contribution in [0.4, 0.5) is 0 Å². The van der Waals surface area contributed by atoms with E-state index in [2.05, 4.69) is 28.5 Å². The van der Waals surface area contributed by atoms with Crippen LogP contribution in [-0.2, 0) is 0 Å². The minimum absolute atomic E-state index is 0.169. The van der Waals surface area contributed by atoms with Crippen molar-refractivity contribution in [2.24, 2.45) is 10.7 Å². The predicted octanol–water partition coefficient (Wildman–Crippen LogP) is 0.860. The van der Waals surface area contributed by atoms with Crippen molar-refractivity contribution in [3.8, 4) is 0 Å². The molecule has 0 amide bonds. The van der Waals surface area contributed by atoms with Crippen LogP contribution in [0.5, 0.6) is 0 Å². The van der Waals surface area contributed by atoms with Gasteiger partial charge >= 0.3 is 0 Å². The molecule has 0 spiro atoms. The third-order valence-corrected chi connectivity index (χ3v) is 2.95. The third kappa shape index (κ3) is 0.990. The van der Waals surface area contributed by atoms with Crippen molar-refractivity contribution in [3.63, 3.8) is 0 Å². The van der Waals surface area contributed by atoms with Crippen molar-refractivity contribution in [2.45, 2.75) is 18.9 Å². The van der Waals surface area contributed by atoms with Gasteiger partial charge in [-0.3, -0.25) is 0 Å². The summed E-state index contributed by atoms with van der Waals surface area (Å²) in [5.41, 5.74) is 9.76. The van der Waals surface area contributed by atoms with Crippen LogP contribution >= 0.6 is 0 Å². The number of aliphatic imine (C=N–C) groups is 1. The van der Waals surface area contributed by atoms with Gasteiger partial charge in [0.05, 0.1) is 5.70 Å². The van der Waals surface area contributed by atoms with Crippen molar-refractivity contribution < 1.29 is 0 Å². The van der Waals surface area contributed by atoms with Crippen LogP contribution in [0, 0.1) is 0 Å². The minimum atomic E-state index is 0.169. The van der Waals surface area contributed by atoms with Gasteiger partial charge in [0.15, 0.2) is 0 Å². The first-order chi connectivity index (χ1) is 6.86. The molecule has 3 heteroatoms. The Bertz CT molecular complexity index is 399. The lowest BCUT2D eigenvalue weighted by Gasteiger charge is -2.23. The molecule has 1 aliphatic carbocycles. The van der Waals surface area contributed by atoms with Crippen LogP contribution in [0.15, 0.2) is 40.1 Å². The van der Waals surface area contributed by atoms with E-state index in [0.29, 0.717) is 0 Å². The second-order valence-electron chi connectivity index (χ2n) is 3.86. The van der Waals surface area contributed by atoms with E-state index in [-0.39, 0.29) is 6.04 Å². The largest absolute Gasteiger partial charge is 0.370 e. The second kappa shape index (κ2) is 2.82. The van der Waals surface area contributed by atoms with E-state index in [1.54, 1.807) is 0 Å². The number of hydrogen-bond acceptors (Lipinski definition) is 3. The molecule has 0 aromatic rings. The molecule has 0 bridgehead atoms. The molecule has 2 aliphatic heterocycles. The molecule has 14 heavy (non-hydrogen) atoms. The molecule has 0 aromatic heterocycles. The lowest BCUT2D eigenvalue weighted by Crippen LogP contribution is -2.42. The smallest absolute Gasteiger partial charge is 0.131 e. The first-order valence-corrected chi connectivity index (χ1v) is 5.05. The van der Waals surface area contributed by atoms with E-state index in [1.165, 1.54) is 11.1 Å². The minimum Gasteiger partial charge on any atom is -0.370 e. The zero-order valence-corrected chi connectivity index (χ0v) is 7.96. The number of piperidine rings is 1. The van der Waals surface area contributed by atoms with E-state index in [4.69, 9.17) is 5.73 Å². The van der Waals surface area contributed by atoms with Crippen LogP contribution in [0.2, 0.25) is 0 Å². The molecule has 1 saturated heterocycles. The number of fused-ring (bicyclic) bond motifs is 2. The Hall–Kier alpha value is -1.35. The standard InChI is InChI=1S/C11H13N3/c12-8-5-6-13-11-10(8)7-3-1-2-4-9(7)14-11/h1-2,4,8H,3,5-6,12H2,(H,13,14). The number of amidine groups is 1. The van der Waals surface area contributed by atoms with Gasteiger partial charge in [-0.2, -0.15) is 0 Å². The molecule has 0 aromatic carbocycles. The third-order valence-electron chi connectivity index (χ3n) is 2.95. The molecular weight excluding hydrogens is 174 g/mol. The average molecular weight is 187 g/mol. The Morgan fingerprint density at radius 2 is 2.43 bits per heavy atom. The quantitative estimate of drug-likeness (QED) is 0.591. The maximum Gasteiger partial charge on any atom is 0.131 e. The van der Waals surface area contributed by atoms with E-state index < -0.39 is 0 Å². The van der Waals surface area contributed by atoms with Crippen LogP contribution in [-0.4, -0.2) is 18.4 Å². The molecule has 1 atom stereocenters. The average Bonchev–Trinajstić information content (AvgIpc) is 2.57. The summed E-state index contributed by atoms with van der Waals surface area (Å²) in [4.78, 5) is 4.54. The van der Waals surface area contributed by atoms with Crippen LogP contribution < -0.4 is 11.1 Å². The lowest BCUT2D eigenvalue weighted by atomic mass is 9.92. The van der Waals surface area contributed by atoms with Crippen LogP contribution in [0.1, 0.15) is 12.8 Å². The zero-order valence-electron chi connectivity index (χ0n) is 7.96. The fraction of sp³-hybridized carbons (Fsp3) is 0.364. The lowest BCUT2D eigenvalue weighted by molar-refractivity contribution is 0.648. The summed E-state index contributed by atoms with van der Waals surface area (Å²) < 4.78 is 0. The second-order valence-corrected chi connectivity index (χ2v) is 3.86. The fourth-order valence-corrected chi connectivity index (χ4v) is 2.25. The number of nitrogens with one attached hydrogen (secondary N) is 1. The number of allylic oxidation sites excluding steroid dienone is 4. The molecule has 3 nitrogen and oxygen atoms in total. The van der Waals surface area contributed by atoms with Crippen molar-refractivity contribution in [1.82, 2.24) is 5.32 Å². The fourth-order valence-electron chi connectivity index (χ4n) is 2.25.